The van der Waals surface area contributed by atoms with E-state index < -0.39 is 50.7 Å². The molecule has 0 radical (unpaired) electrons. The third kappa shape index (κ3) is 4.69. The average molecular weight is 411 g/mol. The highest BCUT2D eigenvalue weighted by atomic mass is 31.2. The fourth-order valence-corrected chi connectivity index (χ4v) is 4.18. The molecule has 7 nitrogen and oxygen atoms in total. The van der Waals surface area contributed by atoms with Crippen molar-refractivity contribution in [3.05, 3.63) is 35.9 Å². The maximum absolute atomic E-state index is 14.1. The van der Waals surface area contributed by atoms with Crippen molar-refractivity contribution in [1.29, 1.82) is 0 Å². The van der Waals surface area contributed by atoms with Crippen molar-refractivity contribution in [3.8, 4) is 0 Å². The Labute approximate surface area is 154 Å². The van der Waals surface area contributed by atoms with E-state index in [-0.39, 0.29) is 5.56 Å². The van der Waals surface area contributed by atoms with Gasteiger partial charge in [-0.25, -0.2) is 4.79 Å². The molecule has 1 aromatic carbocycles. The van der Waals surface area contributed by atoms with Crippen molar-refractivity contribution in [2.45, 2.75) is 32.2 Å². The molecule has 27 heavy (non-hydrogen) atoms. The SMILES string of the molecule is CCOC(=O)[C@@](NC(=O)c1ccccc1)(C(F)(F)F)P(=O)(OCC)OCC. The first-order valence-electron chi connectivity index (χ1n) is 8.10. The van der Waals surface area contributed by atoms with Crippen LogP contribution < -0.4 is 5.32 Å². The molecular weight excluding hydrogens is 390 g/mol. The molecule has 0 saturated heterocycles. The predicted octanol–water partition coefficient (Wildman–Crippen LogP) is 3.50. The quantitative estimate of drug-likeness (QED) is 0.494. The minimum absolute atomic E-state index is 0.185. The zero-order chi connectivity index (χ0) is 20.7. The van der Waals surface area contributed by atoms with Crippen molar-refractivity contribution in [3.63, 3.8) is 0 Å². The van der Waals surface area contributed by atoms with Gasteiger partial charge in [-0.15, -0.1) is 0 Å². The fourth-order valence-electron chi connectivity index (χ4n) is 2.21. The number of hydrogen-bond donors (Lipinski definition) is 1. The van der Waals surface area contributed by atoms with E-state index >= 15 is 0 Å². The van der Waals surface area contributed by atoms with Crippen molar-refractivity contribution in [2.24, 2.45) is 0 Å². The topological polar surface area (TPSA) is 90.9 Å². The number of esters is 1. The third-order valence-electron chi connectivity index (χ3n) is 3.32. The van der Waals surface area contributed by atoms with E-state index in [1.54, 1.807) is 6.07 Å². The van der Waals surface area contributed by atoms with Gasteiger partial charge in [0.1, 0.15) is 0 Å². The lowest BCUT2D eigenvalue weighted by Gasteiger charge is -2.38. The van der Waals surface area contributed by atoms with Gasteiger partial charge < -0.3 is 19.1 Å². The van der Waals surface area contributed by atoms with Crippen LogP contribution in [0.1, 0.15) is 31.1 Å². The molecule has 11 heteroatoms. The summed E-state index contributed by atoms with van der Waals surface area (Å²) in [6.07, 6.45) is -5.54. The lowest BCUT2D eigenvalue weighted by molar-refractivity contribution is -0.196. The highest BCUT2D eigenvalue weighted by molar-refractivity contribution is 7.57. The van der Waals surface area contributed by atoms with Gasteiger partial charge in [-0.3, -0.25) is 9.36 Å². The van der Waals surface area contributed by atoms with Crippen molar-refractivity contribution < 1.29 is 41.1 Å². The zero-order valence-electron chi connectivity index (χ0n) is 15.0. The van der Waals surface area contributed by atoms with Gasteiger partial charge in [-0.2, -0.15) is 13.2 Å². The number of halogens is 3. The molecule has 0 aliphatic heterocycles. The van der Waals surface area contributed by atoms with Gasteiger partial charge in [-0.1, -0.05) is 18.2 Å². The number of ether oxygens (including phenoxy) is 1. The maximum Gasteiger partial charge on any atom is 0.434 e. The second-order valence-corrected chi connectivity index (χ2v) is 7.26. The summed E-state index contributed by atoms with van der Waals surface area (Å²) in [5, 5.41) is -2.49. The molecule has 1 amide bonds. The number of carbonyl (C=O) groups is 2. The molecule has 0 unspecified atom stereocenters. The first kappa shape index (κ1) is 23.1. The van der Waals surface area contributed by atoms with E-state index in [9.17, 15) is 27.3 Å². The Morgan fingerprint density at radius 2 is 1.52 bits per heavy atom. The molecular formula is C16H21F3NO6P. The van der Waals surface area contributed by atoms with Crippen molar-refractivity contribution >= 4 is 19.5 Å². The van der Waals surface area contributed by atoms with Crippen LogP contribution in [0, 0.1) is 0 Å². The van der Waals surface area contributed by atoms with Gasteiger partial charge in [0, 0.05) is 5.56 Å². The molecule has 0 spiro atoms. The summed E-state index contributed by atoms with van der Waals surface area (Å²) in [5.41, 5.74) is -0.185. The Morgan fingerprint density at radius 1 is 1.00 bits per heavy atom. The van der Waals surface area contributed by atoms with Gasteiger partial charge in [0.15, 0.2) is 0 Å². The second-order valence-electron chi connectivity index (χ2n) is 5.08. The van der Waals surface area contributed by atoms with E-state index in [0.29, 0.717) is 0 Å². The van der Waals surface area contributed by atoms with E-state index in [1.807, 2.05) is 0 Å². The van der Waals surface area contributed by atoms with E-state index in [4.69, 9.17) is 9.05 Å². The molecule has 0 bridgehead atoms. The summed E-state index contributed by atoms with van der Waals surface area (Å²) in [4.78, 5) is 24.8. The summed E-state index contributed by atoms with van der Waals surface area (Å²) < 4.78 is 69.5. The Morgan fingerprint density at radius 3 is 1.93 bits per heavy atom. The number of amides is 1. The number of nitrogens with one attached hydrogen (secondary N) is 1. The first-order chi connectivity index (χ1) is 12.6. The van der Waals surface area contributed by atoms with Crippen molar-refractivity contribution in [1.82, 2.24) is 5.32 Å². The predicted molar refractivity (Wildman–Crippen MR) is 90.2 cm³/mol. The van der Waals surface area contributed by atoms with Crippen LogP contribution in [-0.4, -0.2) is 43.2 Å². The second kappa shape index (κ2) is 9.34. The van der Waals surface area contributed by atoms with E-state index in [0.717, 1.165) is 0 Å². The Balaban J connectivity index is 3.63. The van der Waals surface area contributed by atoms with Gasteiger partial charge in [0.2, 0.25) is 0 Å². The number of hydrogen-bond acceptors (Lipinski definition) is 6. The van der Waals surface area contributed by atoms with E-state index in [2.05, 4.69) is 4.74 Å². The molecule has 0 heterocycles. The Bertz CT molecular complexity index is 687. The summed E-state index contributed by atoms with van der Waals surface area (Å²) in [5.74, 6) is -3.27. The molecule has 1 atom stereocenters. The highest BCUT2D eigenvalue weighted by Crippen LogP contribution is 2.64. The monoisotopic (exact) mass is 411 g/mol. The highest BCUT2D eigenvalue weighted by Gasteiger charge is 2.75. The van der Waals surface area contributed by atoms with Gasteiger partial charge in [-0.05, 0) is 32.9 Å². The Kier molecular flexibility index (Phi) is 8.01. The maximum atomic E-state index is 14.1. The third-order valence-corrected chi connectivity index (χ3v) is 5.89. The lowest BCUT2D eigenvalue weighted by atomic mass is 10.2. The summed E-state index contributed by atoms with van der Waals surface area (Å²) >= 11 is 0. The molecule has 152 valence electrons. The van der Waals surface area contributed by atoms with Crippen LogP contribution >= 0.6 is 7.60 Å². The molecule has 0 fully saturated rings. The van der Waals surface area contributed by atoms with Crippen LogP contribution in [-0.2, 0) is 23.1 Å². The summed E-state index contributed by atoms with van der Waals surface area (Å²) in [6.45, 7) is 2.44. The largest absolute Gasteiger partial charge is 0.463 e. The molecule has 1 aromatic rings. The standard InChI is InChI=1S/C16H21F3NO6P/c1-4-24-14(22)15(16(17,18)19,27(23,25-5-2)26-6-3)20-13(21)12-10-8-7-9-11-12/h7-11H,4-6H2,1-3H3,(H,20,21)/t15-/m0/s1. The van der Waals surface area contributed by atoms with Crippen LogP contribution in [0.15, 0.2) is 30.3 Å². The fraction of sp³-hybridized carbons (Fsp3) is 0.500. The number of rotatable bonds is 9. The van der Waals surface area contributed by atoms with Crippen LogP contribution in [0.3, 0.4) is 0 Å². The molecule has 0 aliphatic rings. The zero-order valence-corrected chi connectivity index (χ0v) is 15.9. The van der Waals surface area contributed by atoms with Gasteiger partial charge >= 0.3 is 25.0 Å². The lowest BCUT2D eigenvalue weighted by Crippen LogP contribution is -2.64. The van der Waals surface area contributed by atoms with Crippen LogP contribution in [0.25, 0.3) is 0 Å². The smallest absolute Gasteiger partial charge is 0.434 e. The normalized spacial score (nSPS) is 14.3. The minimum atomic E-state index is -5.54. The van der Waals surface area contributed by atoms with Crippen LogP contribution in [0.2, 0.25) is 0 Å². The van der Waals surface area contributed by atoms with Crippen LogP contribution in [0.5, 0.6) is 0 Å². The first-order valence-corrected chi connectivity index (χ1v) is 9.64. The number of benzene rings is 1. The number of carbonyl (C=O) groups excluding carboxylic acids is 2. The van der Waals surface area contributed by atoms with E-state index in [1.165, 1.54) is 50.4 Å². The molecule has 1 N–H and O–H groups in total. The minimum Gasteiger partial charge on any atom is -0.463 e. The molecule has 0 saturated carbocycles. The number of alkyl halides is 3. The summed E-state index contributed by atoms with van der Waals surface area (Å²) in [7, 11) is -5.27. The van der Waals surface area contributed by atoms with Gasteiger partial charge in [0.05, 0.1) is 19.8 Å². The van der Waals surface area contributed by atoms with Crippen LogP contribution in [0.4, 0.5) is 13.2 Å². The van der Waals surface area contributed by atoms with Crippen molar-refractivity contribution in [2.75, 3.05) is 19.8 Å². The average Bonchev–Trinajstić information content (AvgIpc) is 2.59. The molecule has 0 aromatic heterocycles. The Hall–Kier alpha value is -1.90. The summed E-state index contributed by atoms with van der Waals surface area (Å²) in [6, 6.07) is 6.84. The molecule has 0 aliphatic carbocycles. The molecule has 1 rings (SSSR count). The van der Waals surface area contributed by atoms with Gasteiger partial charge in [0.25, 0.3) is 5.91 Å².